The number of benzene rings is 1. The predicted octanol–water partition coefficient (Wildman–Crippen LogP) is 1.21. The minimum Gasteiger partial charge on any atom is -0.345 e. The first-order chi connectivity index (χ1) is 12.2. The molecule has 2 N–H and O–H groups in total. The molecule has 1 unspecified atom stereocenters. The first-order valence-electron chi connectivity index (χ1n) is 8.12. The second-order valence-corrected chi connectivity index (χ2v) is 7.50. The summed E-state index contributed by atoms with van der Waals surface area (Å²) in [6.07, 6.45) is 0.266. The van der Waals surface area contributed by atoms with Crippen LogP contribution in [0.15, 0.2) is 35.2 Å². The first kappa shape index (κ1) is 19.6. The van der Waals surface area contributed by atoms with Crippen LogP contribution in [-0.4, -0.2) is 36.1 Å². The zero-order chi connectivity index (χ0) is 19.5. The van der Waals surface area contributed by atoms with Gasteiger partial charge in [-0.1, -0.05) is 25.1 Å². The SMILES string of the molecule is CCC(NC(C)=O)C(=O)NS(=O)(=O)c1c(C)nn(-c2ccccc2)c1C. The summed E-state index contributed by atoms with van der Waals surface area (Å²) in [5.74, 6) is -1.19. The predicted molar refractivity (Wildman–Crippen MR) is 96.3 cm³/mol. The van der Waals surface area contributed by atoms with Crippen molar-refractivity contribution in [1.82, 2.24) is 19.8 Å². The van der Waals surface area contributed by atoms with E-state index in [0.717, 1.165) is 0 Å². The second kappa shape index (κ2) is 7.69. The molecule has 0 fully saturated rings. The van der Waals surface area contributed by atoms with Crippen molar-refractivity contribution in [3.8, 4) is 5.69 Å². The Balaban J connectivity index is 2.36. The Labute approximate surface area is 152 Å². The van der Waals surface area contributed by atoms with Crippen molar-refractivity contribution in [2.75, 3.05) is 0 Å². The number of aryl methyl sites for hydroxylation is 1. The van der Waals surface area contributed by atoms with E-state index in [0.29, 0.717) is 11.4 Å². The molecule has 9 heteroatoms. The lowest BCUT2D eigenvalue weighted by molar-refractivity contribution is -0.127. The van der Waals surface area contributed by atoms with E-state index in [1.807, 2.05) is 22.9 Å². The molecule has 0 saturated carbocycles. The van der Waals surface area contributed by atoms with Crippen LogP contribution in [0.1, 0.15) is 31.7 Å². The van der Waals surface area contributed by atoms with Gasteiger partial charge in [0.1, 0.15) is 10.9 Å². The molecule has 0 bridgehead atoms. The molecule has 1 atom stereocenters. The lowest BCUT2D eigenvalue weighted by atomic mass is 10.2. The van der Waals surface area contributed by atoms with Gasteiger partial charge in [0.2, 0.25) is 5.91 Å². The maximum atomic E-state index is 12.7. The summed E-state index contributed by atoms with van der Waals surface area (Å²) in [6.45, 7) is 6.13. The number of nitrogens with zero attached hydrogens (tertiary/aromatic N) is 2. The van der Waals surface area contributed by atoms with Crippen molar-refractivity contribution >= 4 is 21.8 Å². The van der Waals surface area contributed by atoms with E-state index in [-0.39, 0.29) is 17.0 Å². The highest BCUT2D eigenvalue weighted by Crippen LogP contribution is 2.22. The maximum Gasteiger partial charge on any atom is 0.267 e. The van der Waals surface area contributed by atoms with E-state index in [9.17, 15) is 18.0 Å². The quantitative estimate of drug-likeness (QED) is 0.785. The third-order valence-electron chi connectivity index (χ3n) is 3.83. The number of hydrogen-bond donors (Lipinski definition) is 2. The van der Waals surface area contributed by atoms with Gasteiger partial charge in [0.05, 0.1) is 17.1 Å². The van der Waals surface area contributed by atoms with Crippen LogP contribution in [0.2, 0.25) is 0 Å². The molecule has 0 saturated heterocycles. The van der Waals surface area contributed by atoms with Crippen LogP contribution >= 0.6 is 0 Å². The average Bonchev–Trinajstić information content (AvgIpc) is 2.88. The van der Waals surface area contributed by atoms with Crippen LogP contribution in [0.3, 0.4) is 0 Å². The van der Waals surface area contributed by atoms with Gasteiger partial charge in [-0.3, -0.25) is 9.59 Å². The standard InChI is InChI=1S/C17H22N4O4S/c1-5-15(18-13(4)22)17(23)20-26(24,25)16-11(2)19-21(12(16)3)14-9-7-6-8-10-14/h6-10,15H,5H2,1-4H3,(H,18,22)(H,20,23). The number of nitrogens with one attached hydrogen (secondary N) is 2. The summed E-state index contributed by atoms with van der Waals surface area (Å²) in [4.78, 5) is 23.4. The highest BCUT2D eigenvalue weighted by Gasteiger charge is 2.29. The molecule has 8 nitrogen and oxygen atoms in total. The fourth-order valence-corrected chi connectivity index (χ4v) is 4.11. The molecule has 1 heterocycles. The largest absolute Gasteiger partial charge is 0.345 e. The minimum atomic E-state index is -4.13. The number of hydrogen-bond acceptors (Lipinski definition) is 5. The summed E-state index contributed by atoms with van der Waals surface area (Å²) >= 11 is 0. The van der Waals surface area contributed by atoms with Gasteiger partial charge in [0.15, 0.2) is 0 Å². The number of aromatic nitrogens is 2. The highest BCUT2D eigenvalue weighted by atomic mass is 32.2. The number of rotatable bonds is 6. The highest BCUT2D eigenvalue weighted by molar-refractivity contribution is 7.90. The van der Waals surface area contributed by atoms with E-state index in [1.54, 1.807) is 32.9 Å². The summed E-state index contributed by atoms with van der Waals surface area (Å²) < 4.78 is 29.0. The third kappa shape index (κ3) is 4.10. The van der Waals surface area contributed by atoms with Crippen LogP contribution in [0, 0.1) is 13.8 Å². The van der Waals surface area contributed by atoms with Crippen LogP contribution in [0.25, 0.3) is 5.69 Å². The molecule has 0 spiro atoms. The van der Waals surface area contributed by atoms with Crippen LogP contribution in [-0.2, 0) is 19.6 Å². The van der Waals surface area contributed by atoms with E-state index >= 15 is 0 Å². The number of carbonyl (C=O) groups is 2. The molecular formula is C17H22N4O4S. The number of amides is 2. The Kier molecular flexibility index (Phi) is 5.81. The summed E-state index contributed by atoms with van der Waals surface area (Å²) in [6, 6.07) is 8.17. The fourth-order valence-electron chi connectivity index (χ4n) is 2.69. The summed E-state index contributed by atoms with van der Waals surface area (Å²) in [5.41, 5.74) is 1.38. The van der Waals surface area contributed by atoms with Crippen molar-refractivity contribution in [3.63, 3.8) is 0 Å². The van der Waals surface area contributed by atoms with Crippen LogP contribution in [0.5, 0.6) is 0 Å². The molecule has 0 aliphatic rings. The van der Waals surface area contributed by atoms with Crippen molar-refractivity contribution < 1.29 is 18.0 Å². The molecule has 2 amide bonds. The molecule has 0 aliphatic carbocycles. The molecule has 2 aromatic rings. The molecule has 1 aromatic carbocycles. The molecule has 0 aliphatic heterocycles. The molecule has 1 aromatic heterocycles. The van der Waals surface area contributed by atoms with E-state index in [1.165, 1.54) is 11.6 Å². The molecule has 26 heavy (non-hydrogen) atoms. The van der Waals surface area contributed by atoms with Crippen molar-refractivity contribution in [3.05, 3.63) is 41.7 Å². The van der Waals surface area contributed by atoms with Gasteiger partial charge in [0, 0.05) is 6.92 Å². The Morgan fingerprint density at radius 2 is 1.81 bits per heavy atom. The van der Waals surface area contributed by atoms with Gasteiger partial charge in [-0.25, -0.2) is 17.8 Å². The minimum absolute atomic E-state index is 0.0487. The maximum absolute atomic E-state index is 12.7. The molecule has 140 valence electrons. The smallest absolute Gasteiger partial charge is 0.267 e. The summed E-state index contributed by atoms with van der Waals surface area (Å²) in [5, 5.41) is 6.71. The van der Waals surface area contributed by atoms with E-state index < -0.39 is 27.9 Å². The monoisotopic (exact) mass is 378 g/mol. The van der Waals surface area contributed by atoms with Gasteiger partial charge < -0.3 is 5.32 Å². The number of para-hydroxylation sites is 1. The zero-order valence-corrected chi connectivity index (χ0v) is 15.9. The summed E-state index contributed by atoms with van der Waals surface area (Å²) in [7, 11) is -4.13. The van der Waals surface area contributed by atoms with Gasteiger partial charge >= 0.3 is 0 Å². The number of carbonyl (C=O) groups excluding carboxylic acids is 2. The first-order valence-corrected chi connectivity index (χ1v) is 9.61. The Morgan fingerprint density at radius 1 is 1.19 bits per heavy atom. The van der Waals surface area contributed by atoms with Gasteiger partial charge in [-0.15, -0.1) is 0 Å². The lowest BCUT2D eigenvalue weighted by Crippen LogP contribution is -2.47. The molecular weight excluding hydrogens is 356 g/mol. The lowest BCUT2D eigenvalue weighted by Gasteiger charge is -2.16. The third-order valence-corrected chi connectivity index (χ3v) is 5.43. The zero-order valence-electron chi connectivity index (χ0n) is 15.1. The molecule has 0 radical (unpaired) electrons. The van der Waals surface area contributed by atoms with E-state index in [2.05, 4.69) is 10.4 Å². The van der Waals surface area contributed by atoms with Crippen LogP contribution in [0.4, 0.5) is 0 Å². The topological polar surface area (TPSA) is 110 Å². The van der Waals surface area contributed by atoms with Crippen molar-refractivity contribution in [2.45, 2.75) is 45.1 Å². The molecule has 2 rings (SSSR count). The van der Waals surface area contributed by atoms with Gasteiger partial charge in [-0.05, 0) is 32.4 Å². The second-order valence-electron chi connectivity index (χ2n) is 5.88. The van der Waals surface area contributed by atoms with Crippen molar-refractivity contribution in [2.24, 2.45) is 0 Å². The van der Waals surface area contributed by atoms with E-state index in [4.69, 9.17) is 0 Å². The van der Waals surface area contributed by atoms with Crippen molar-refractivity contribution in [1.29, 1.82) is 0 Å². The van der Waals surface area contributed by atoms with Gasteiger partial charge in [-0.2, -0.15) is 5.10 Å². The Hall–Kier alpha value is -2.68. The normalized spacial score (nSPS) is 12.5. The Bertz CT molecular complexity index is 920. The average molecular weight is 378 g/mol. The van der Waals surface area contributed by atoms with Crippen LogP contribution < -0.4 is 10.0 Å². The van der Waals surface area contributed by atoms with Gasteiger partial charge in [0.25, 0.3) is 15.9 Å². The number of sulfonamides is 1. The fraction of sp³-hybridized carbons (Fsp3) is 0.353. The Morgan fingerprint density at radius 3 is 2.35 bits per heavy atom.